The molecule has 3 rings (SSSR count). The minimum Gasteiger partial charge on any atom is -0.367 e. The third-order valence-corrected chi connectivity index (χ3v) is 3.90. The molecule has 0 amide bonds. The number of pyridine rings is 1. The summed E-state index contributed by atoms with van der Waals surface area (Å²) in [5, 5.41) is 3.62. The molecule has 1 aliphatic heterocycles. The molecule has 0 aliphatic carbocycles. The largest absolute Gasteiger partial charge is 0.367 e. The first-order chi connectivity index (χ1) is 9.83. The fourth-order valence-corrected chi connectivity index (χ4v) is 2.89. The average Bonchev–Trinajstić information content (AvgIpc) is 2.49. The number of aromatic nitrogens is 1. The van der Waals surface area contributed by atoms with Gasteiger partial charge in [0.15, 0.2) is 0 Å². The molecular weight excluding hydrogens is 246 g/mol. The Bertz CT molecular complexity index is 553. The van der Waals surface area contributed by atoms with Crippen molar-refractivity contribution in [1.82, 2.24) is 10.3 Å². The van der Waals surface area contributed by atoms with E-state index < -0.39 is 0 Å². The molecule has 0 spiro atoms. The van der Waals surface area contributed by atoms with Gasteiger partial charge >= 0.3 is 0 Å². The highest BCUT2D eigenvalue weighted by molar-refractivity contribution is 5.50. The summed E-state index contributed by atoms with van der Waals surface area (Å²) < 4.78 is 0. The van der Waals surface area contributed by atoms with Crippen molar-refractivity contribution in [3.63, 3.8) is 0 Å². The average molecular weight is 267 g/mol. The predicted molar refractivity (Wildman–Crippen MR) is 83.1 cm³/mol. The lowest BCUT2D eigenvalue weighted by molar-refractivity contribution is 0.454. The van der Waals surface area contributed by atoms with Crippen molar-refractivity contribution < 1.29 is 0 Å². The van der Waals surface area contributed by atoms with E-state index in [2.05, 4.69) is 58.5 Å². The molecule has 1 atom stereocenters. The predicted octanol–water partition coefficient (Wildman–Crippen LogP) is 2.41. The molecule has 2 heterocycles. The molecule has 1 fully saturated rings. The zero-order chi connectivity index (χ0) is 13.8. The maximum absolute atomic E-state index is 4.40. The number of benzene rings is 1. The highest BCUT2D eigenvalue weighted by Gasteiger charge is 2.20. The topological polar surface area (TPSA) is 28.2 Å². The molecule has 0 bridgehead atoms. The van der Waals surface area contributed by atoms with E-state index in [0.717, 1.165) is 31.7 Å². The summed E-state index contributed by atoms with van der Waals surface area (Å²) in [5.41, 5.74) is 3.79. The minimum absolute atomic E-state index is 0.505. The molecule has 20 heavy (non-hydrogen) atoms. The van der Waals surface area contributed by atoms with E-state index in [0.29, 0.717) is 6.04 Å². The number of aryl methyl sites for hydroxylation is 1. The quantitative estimate of drug-likeness (QED) is 0.925. The van der Waals surface area contributed by atoms with E-state index in [1.165, 1.54) is 11.3 Å². The first-order valence-electron chi connectivity index (χ1n) is 7.27. The molecule has 3 nitrogen and oxygen atoms in total. The second-order valence-corrected chi connectivity index (χ2v) is 5.39. The number of anilines is 1. The van der Waals surface area contributed by atoms with Gasteiger partial charge in [0.25, 0.3) is 0 Å². The normalized spacial score (nSPS) is 19.1. The molecule has 104 valence electrons. The zero-order valence-electron chi connectivity index (χ0n) is 11.9. The fourth-order valence-electron chi connectivity index (χ4n) is 2.89. The van der Waals surface area contributed by atoms with E-state index in [9.17, 15) is 0 Å². The monoisotopic (exact) mass is 267 g/mol. The Morgan fingerprint density at radius 2 is 2.05 bits per heavy atom. The molecule has 1 unspecified atom stereocenters. The second-order valence-electron chi connectivity index (χ2n) is 5.39. The van der Waals surface area contributed by atoms with Crippen LogP contribution in [-0.2, 0) is 6.42 Å². The summed E-state index contributed by atoms with van der Waals surface area (Å²) in [6, 6.07) is 15.4. The summed E-state index contributed by atoms with van der Waals surface area (Å²) in [5.74, 6) is 0. The Hall–Kier alpha value is -1.87. The Morgan fingerprint density at radius 3 is 2.85 bits per heavy atom. The Labute approximate surface area is 120 Å². The number of rotatable bonds is 3. The zero-order valence-corrected chi connectivity index (χ0v) is 11.9. The van der Waals surface area contributed by atoms with Crippen LogP contribution in [0.1, 0.15) is 11.3 Å². The SMILES string of the molecule is Cc1ncccc1N1CCNC(Cc2ccccc2)C1. The van der Waals surface area contributed by atoms with Gasteiger partial charge in [0, 0.05) is 31.9 Å². The van der Waals surface area contributed by atoms with Crippen molar-refractivity contribution in [2.75, 3.05) is 24.5 Å². The van der Waals surface area contributed by atoms with Gasteiger partial charge in [-0.05, 0) is 31.0 Å². The summed E-state index contributed by atoms with van der Waals surface area (Å²) in [6.07, 6.45) is 2.94. The Kier molecular flexibility index (Phi) is 3.97. The van der Waals surface area contributed by atoms with Crippen LogP contribution in [0.5, 0.6) is 0 Å². The van der Waals surface area contributed by atoms with Gasteiger partial charge in [-0.3, -0.25) is 4.98 Å². The van der Waals surface area contributed by atoms with E-state index in [4.69, 9.17) is 0 Å². The first kappa shape index (κ1) is 13.1. The summed E-state index contributed by atoms with van der Waals surface area (Å²) in [4.78, 5) is 6.85. The number of nitrogens with one attached hydrogen (secondary N) is 1. The maximum Gasteiger partial charge on any atom is 0.0605 e. The van der Waals surface area contributed by atoms with Crippen molar-refractivity contribution in [1.29, 1.82) is 0 Å². The highest BCUT2D eigenvalue weighted by Crippen LogP contribution is 2.19. The molecule has 1 aromatic carbocycles. The molecule has 0 radical (unpaired) electrons. The molecule has 1 aliphatic rings. The van der Waals surface area contributed by atoms with Crippen LogP contribution >= 0.6 is 0 Å². The van der Waals surface area contributed by atoms with Crippen LogP contribution in [0.2, 0.25) is 0 Å². The van der Waals surface area contributed by atoms with Gasteiger partial charge in [0.1, 0.15) is 0 Å². The van der Waals surface area contributed by atoms with Crippen LogP contribution in [0.15, 0.2) is 48.7 Å². The van der Waals surface area contributed by atoms with Gasteiger partial charge in [-0.15, -0.1) is 0 Å². The van der Waals surface area contributed by atoms with Crippen molar-refractivity contribution in [3.8, 4) is 0 Å². The smallest absolute Gasteiger partial charge is 0.0605 e. The third kappa shape index (κ3) is 2.99. The molecule has 1 aromatic heterocycles. The van der Waals surface area contributed by atoms with Crippen LogP contribution in [0.25, 0.3) is 0 Å². The first-order valence-corrected chi connectivity index (χ1v) is 7.27. The van der Waals surface area contributed by atoms with Crippen LogP contribution in [0.4, 0.5) is 5.69 Å². The van der Waals surface area contributed by atoms with Gasteiger partial charge < -0.3 is 10.2 Å². The lowest BCUT2D eigenvalue weighted by Crippen LogP contribution is -2.51. The Balaban J connectivity index is 1.69. The van der Waals surface area contributed by atoms with E-state index >= 15 is 0 Å². The third-order valence-electron chi connectivity index (χ3n) is 3.90. The Morgan fingerprint density at radius 1 is 1.20 bits per heavy atom. The van der Waals surface area contributed by atoms with Gasteiger partial charge in [0.05, 0.1) is 11.4 Å². The number of hydrogen-bond donors (Lipinski definition) is 1. The lowest BCUT2D eigenvalue weighted by Gasteiger charge is -2.36. The minimum atomic E-state index is 0.505. The van der Waals surface area contributed by atoms with E-state index in [1.54, 1.807) is 0 Å². The summed E-state index contributed by atoms with van der Waals surface area (Å²) >= 11 is 0. The highest BCUT2D eigenvalue weighted by atomic mass is 15.2. The van der Waals surface area contributed by atoms with Crippen molar-refractivity contribution >= 4 is 5.69 Å². The molecule has 1 N–H and O–H groups in total. The van der Waals surface area contributed by atoms with Crippen molar-refractivity contribution in [3.05, 3.63) is 59.9 Å². The van der Waals surface area contributed by atoms with E-state index in [-0.39, 0.29) is 0 Å². The molecule has 0 saturated carbocycles. The standard InChI is InChI=1S/C17H21N3/c1-14-17(8-5-9-18-14)20-11-10-19-16(13-20)12-15-6-3-2-4-7-15/h2-9,16,19H,10-13H2,1H3. The summed E-state index contributed by atoms with van der Waals surface area (Å²) in [7, 11) is 0. The molecule has 3 heteroatoms. The van der Waals surface area contributed by atoms with Gasteiger partial charge in [-0.25, -0.2) is 0 Å². The van der Waals surface area contributed by atoms with Gasteiger partial charge in [-0.1, -0.05) is 30.3 Å². The van der Waals surface area contributed by atoms with Crippen LogP contribution in [0.3, 0.4) is 0 Å². The van der Waals surface area contributed by atoms with Crippen molar-refractivity contribution in [2.45, 2.75) is 19.4 Å². The molecular formula is C17H21N3. The second kappa shape index (κ2) is 6.06. The van der Waals surface area contributed by atoms with Crippen molar-refractivity contribution in [2.24, 2.45) is 0 Å². The number of piperazine rings is 1. The van der Waals surface area contributed by atoms with Crippen LogP contribution < -0.4 is 10.2 Å². The van der Waals surface area contributed by atoms with Gasteiger partial charge in [-0.2, -0.15) is 0 Å². The van der Waals surface area contributed by atoms with Crippen LogP contribution in [0, 0.1) is 6.92 Å². The number of hydrogen-bond acceptors (Lipinski definition) is 3. The lowest BCUT2D eigenvalue weighted by atomic mass is 10.0. The maximum atomic E-state index is 4.40. The molecule has 2 aromatic rings. The summed E-state index contributed by atoms with van der Waals surface area (Å²) in [6.45, 7) is 5.22. The molecule has 1 saturated heterocycles. The van der Waals surface area contributed by atoms with Gasteiger partial charge in [0.2, 0.25) is 0 Å². The fraction of sp³-hybridized carbons (Fsp3) is 0.353. The van der Waals surface area contributed by atoms with Crippen LogP contribution in [-0.4, -0.2) is 30.7 Å². The number of nitrogens with zero attached hydrogens (tertiary/aromatic N) is 2. The van der Waals surface area contributed by atoms with E-state index in [1.807, 2.05) is 12.3 Å².